The third kappa shape index (κ3) is 2.19. The lowest BCUT2D eigenvalue weighted by atomic mass is 10.0. The van der Waals surface area contributed by atoms with Crippen LogP contribution >= 0.6 is 0 Å². The first-order chi connectivity index (χ1) is 10.2. The average Bonchev–Trinajstić information content (AvgIpc) is 3.17. The number of benzene rings is 1. The van der Waals surface area contributed by atoms with Crippen LogP contribution in [-0.4, -0.2) is 60.0 Å². The fourth-order valence-corrected chi connectivity index (χ4v) is 3.83. The molecule has 3 atom stereocenters. The van der Waals surface area contributed by atoms with E-state index in [2.05, 4.69) is 63.2 Å². The average molecular weight is 286 g/mol. The molecule has 3 heterocycles. The van der Waals surface area contributed by atoms with Gasteiger partial charge in [-0.2, -0.15) is 0 Å². The summed E-state index contributed by atoms with van der Waals surface area (Å²) in [6.45, 7) is 2.27. The number of nitrogens with one attached hydrogen (secondary N) is 2. The SMILES string of the molecule is CN1N=C(C(c2ccccc2)N2C[C@@H]3C[C@H]2CN3C)NN1. The van der Waals surface area contributed by atoms with Crippen molar-refractivity contribution in [1.29, 1.82) is 0 Å². The number of rotatable bonds is 3. The van der Waals surface area contributed by atoms with Crippen molar-refractivity contribution >= 4 is 5.84 Å². The minimum absolute atomic E-state index is 0.201. The minimum atomic E-state index is 0.201. The Balaban J connectivity index is 1.67. The largest absolute Gasteiger partial charge is 0.301 e. The Morgan fingerprint density at radius 3 is 2.52 bits per heavy atom. The first kappa shape index (κ1) is 13.1. The Morgan fingerprint density at radius 1 is 1.14 bits per heavy atom. The molecule has 1 unspecified atom stereocenters. The van der Waals surface area contributed by atoms with E-state index < -0.39 is 0 Å². The van der Waals surface area contributed by atoms with E-state index in [0.29, 0.717) is 12.1 Å². The molecule has 1 aromatic rings. The van der Waals surface area contributed by atoms with Crippen molar-refractivity contribution in [3.05, 3.63) is 35.9 Å². The monoisotopic (exact) mass is 286 g/mol. The van der Waals surface area contributed by atoms with E-state index in [1.54, 1.807) is 5.12 Å². The molecule has 0 aromatic heterocycles. The van der Waals surface area contributed by atoms with Crippen molar-refractivity contribution in [2.45, 2.75) is 24.5 Å². The van der Waals surface area contributed by atoms with Crippen molar-refractivity contribution in [3.8, 4) is 0 Å². The van der Waals surface area contributed by atoms with Gasteiger partial charge in [-0.3, -0.25) is 10.3 Å². The number of hydrazine groups is 2. The van der Waals surface area contributed by atoms with E-state index in [-0.39, 0.29) is 6.04 Å². The van der Waals surface area contributed by atoms with Crippen LogP contribution in [0.4, 0.5) is 0 Å². The molecule has 6 heteroatoms. The standard InChI is InChI=1S/C15H22N6/c1-19-9-13-8-12(19)10-21(13)14(11-6-4-3-5-7-11)15-16-18-20(2)17-15/h3-7,12-14,18H,8-10H2,1-2H3,(H,16,17)/t12-,13-,14?/m0/s1. The first-order valence-electron chi connectivity index (χ1n) is 7.57. The zero-order valence-electron chi connectivity index (χ0n) is 12.5. The maximum atomic E-state index is 4.58. The summed E-state index contributed by atoms with van der Waals surface area (Å²) in [5.74, 6) is 0.985. The van der Waals surface area contributed by atoms with Gasteiger partial charge in [0.25, 0.3) is 0 Å². The summed E-state index contributed by atoms with van der Waals surface area (Å²) in [4.78, 5) is 5.09. The van der Waals surface area contributed by atoms with Crippen LogP contribution in [0.25, 0.3) is 0 Å². The molecule has 2 saturated heterocycles. The van der Waals surface area contributed by atoms with Gasteiger partial charge in [0.05, 0.1) is 6.04 Å². The number of piperazine rings is 1. The highest BCUT2D eigenvalue weighted by molar-refractivity contribution is 5.88. The molecule has 0 amide bonds. The summed E-state index contributed by atoms with van der Waals surface area (Å²) in [7, 11) is 4.15. The van der Waals surface area contributed by atoms with E-state index in [9.17, 15) is 0 Å². The Hall–Kier alpha value is -1.63. The van der Waals surface area contributed by atoms with E-state index in [1.165, 1.54) is 12.0 Å². The van der Waals surface area contributed by atoms with Crippen LogP contribution in [0.1, 0.15) is 18.0 Å². The Labute approximate surface area is 125 Å². The molecule has 2 N–H and O–H groups in total. The van der Waals surface area contributed by atoms with Crippen LogP contribution in [0.5, 0.6) is 0 Å². The fourth-order valence-electron chi connectivity index (χ4n) is 3.83. The van der Waals surface area contributed by atoms with Gasteiger partial charge in [0.2, 0.25) is 0 Å². The maximum absolute atomic E-state index is 4.58. The molecule has 2 fully saturated rings. The van der Waals surface area contributed by atoms with E-state index in [4.69, 9.17) is 0 Å². The number of likely N-dealkylation sites (tertiary alicyclic amines) is 2. The summed E-state index contributed by atoms with van der Waals surface area (Å²) in [6, 6.07) is 12.2. The van der Waals surface area contributed by atoms with Crippen LogP contribution in [0.3, 0.4) is 0 Å². The van der Waals surface area contributed by atoms with Crippen LogP contribution in [0, 0.1) is 0 Å². The number of hydrazone groups is 1. The van der Waals surface area contributed by atoms with Gasteiger partial charge >= 0.3 is 0 Å². The zero-order chi connectivity index (χ0) is 14.4. The number of nitrogens with zero attached hydrogens (tertiary/aromatic N) is 4. The second kappa shape index (κ2) is 4.98. The Bertz CT molecular complexity index is 542. The third-order valence-electron chi connectivity index (χ3n) is 4.87. The molecule has 3 aliphatic heterocycles. The van der Waals surface area contributed by atoms with Gasteiger partial charge in [-0.05, 0) is 19.0 Å². The molecular formula is C15H22N6. The summed E-state index contributed by atoms with van der Waals surface area (Å²) in [5, 5.41) is 6.31. The molecule has 112 valence electrons. The van der Waals surface area contributed by atoms with Crippen molar-refractivity contribution in [2.24, 2.45) is 5.10 Å². The quantitative estimate of drug-likeness (QED) is 0.841. The van der Waals surface area contributed by atoms with E-state index in [1.807, 2.05) is 7.05 Å². The van der Waals surface area contributed by atoms with Crippen LogP contribution in [0.2, 0.25) is 0 Å². The number of amidine groups is 1. The smallest absolute Gasteiger partial charge is 0.161 e. The van der Waals surface area contributed by atoms with Crippen LogP contribution < -0.4 is 11.0 Å². The van der Waals surface area contributed by atoms with E-state index in [0.717, 1.165) is 18.9 Å². The maximum Gasteiger partial charge on any atom is 0.161 e. The predicted octanol–water partition coefficient (Wildman–Crippen LogP) is 0.384. The molecule has 0 saturated carbocycles. The highest BCUT2D eigenvalue weighted by atomic mass is 15.9. The third-order valence-corrected chi connectivity index (χ3v) is 4.87. The summed E-state index contributed by atoms with van der Waals surface area (Å²) < 4.78 is 0. The van der Waals surface area contributed by atoms with Crippen molar-refractivity contribution in [2.75, 3.05) is 27.2 Å². The van der Waals surface area contributed by atoms with Gasteiger partial charge in [0, 0.05) is 32.2 Å². The molecule has 1 aromatic carbocycles. The highest BCUT2D eigenvalue weighted by Gasteiger charge is 2.46. The van der Waals surface area contributed by atoms with Crippen molar-refractivity contribution in [1.82, 2.24) is 25.9 Å². The van der Waals surface area contributed by atoms with Crippen molar-refractivity contribution < 1.29 is 0 Å². The number of hydrogen-bond acceptors (Lipinski definition) is 6. The Morgan fingerprint density at radius 2 is 1.95 bits per heavy atom. The van der Waals surface area contributed by atoms with Gasteiger partial charge in [0.1, 0.15) is 0 Å². The second-order valence-corrected chi connectivity index (χ2v) is 6.24. The normalized spacial score (nSPS) is 30.6. The van der Waals surface area contributed by atoms with E-state index >= 15 is 0 Å². The van der Waals surface area contributed by atoms with Gasteiger partial charge in [-0.1, -0.05) is 30.3 Å². The lowest BCUT2D eigenvalue weighted by molar-refractivity contribution is 0.131. The lowest BCUT2D eigenvalue weighted by Gasteiger charge is -2.37. The summed E-state index contributed by atoms with van der Waals surface area (Å²) in [5.41, 5.74) is 7.56. The summed E-state index contributed by atoms with van der Waals surface area (Å²) >= 11 is 0. The van der Waals surface area contributed by atoms with Gasteiger partial charge in [-0.25, -0.2) is 5.12 Å². The van der Waals surface area contributed by atoms with Crippen molar-refractivity contribution in [3.63, 3.8) is 0 Å². The van der Waals surface area contributed by atoms with Gasteiger partial charge < -0.3 is 4.90 Å². The Kier molecular flexibility index (Phi) is 3.10. The molecule has 0 radical (unpaired) electrons. The summed E-state index contributed by atoms with van der Waals surface area (Å²) in [6.07, 6.45) is 1.27. The number of likely N-dealkylation sites (N-methyl/N-ethyl adjacent to an activating group) is 1. The number of hydrogen-bond donors (Lipinski definition) is 2. The molecule has 3 aliphatic rings. The van der Waals surface area contributed by atoms with Gasteiger partial charge in [0.15, 0.2) is 5.84 Å². The molecule has 4 rings (SSSR count). The fraction of sp³-hybridized carbons (Fsp3) is 0.533. The predicted molar refractivity (Wildman–Crippen MR) is 82.2 cm³/mol. The molecule has 2 bridgehead atoms. The highest BCUT2D eigenvalue weighted by Crippen LogP contribution is 2.36. The minimum Gasteiger partial charge on any atom is -0.301 e. The lowest BCUT2D eigenvalue weighted by Crippen LogP contribution is -2.50. The topological polar surface area (TPSA) is 46.1 Å². The zero-order valence-corrected chi connectivity index (χ0v) is 12.5. The molecule has 0 aliphatic carbocycles. The van der Waals surface area contributed by atoms with Crippen LogP contribution in [0.15, 0.2) is 35.4 Å². The molecule has 21 heavy (non-hydrogen) atoms. The molecule has 0 spiro atoms. The number of fused-ring (bicyclic) bond motifs is 2. The van der Waals surface area contributed by atoms with Crippen LogP contribution in [-0.2, 0) is 0 Å². The van der Waals surface area contributed by atoms with Gasteiger partial charge in [-0.15, -0.1) is 10.6 Å². The second-order valence-electron chi connectivity index (χ2n) is 6.24. The molecule has 6 nitrogen and oxygen atoms in total. The first-order valence-corrected chi connectivity index (χ1v) is 7.57. The molecular weight excluding hydrogens is 264 g/mol.